The topological polar surface area (TPSA) is 82.0 Å². The van der Waals surface area contributed by atoms with Crippen molar-refractivity contribution in [1.82, 2.24) is 4.98 Å². The highest BCUT2D eigenvalue weighted by Gasteiger charge is 2.08. The Hall–Kier alpha value is -2.17. The van der Waals surface area contributed by atoms with Crippen molar-refractivity contribution in [1.29, 1.82) is 0 Å². The summed E-state index contributed by atoms with van der Waals surface area (Å²) in [7, 11) is 0. The molecule has 0 saturated carbocycles. The van der Waals surface area contributed by atoms with Gasteiger partial charge in [-0.3, -0.25) is 10.1 Å². The molecule has 0 fully saturated rings. The first-order chi connectivity index (χ1) is 7.08. The lowest BCUT2D eigenvalue weighted by Crippen LogP contribution is -1.95. The summed E-state index contributed by atoms with van der Waals surface area (Å²) >= 11 is 0. The van der Waals surface area contributed by atoms with Gasteiger partial charge in [-0.25, -0.2) is 4.98 Å². The Bertz CT molecular complexity index is 552. The van der Waals surface area contributed by atoms with E-state index in [4.69, 9.17) is 5.73 Å². The van der Waals surface area contributed by atoms with Crippen molar-refractivity contribution >= 4 is 22.3 Å². The summed E-state index contributed by atoms with van der Waals surface area (Å²) in [6.07, 6.45) is 0. The average Bonchev–Trinajstić information content (AvgIpc) is 2.16. The first kappa shape index (κ1) is 9.39. The minimum absolute atomic E-state index is 0.0276. The Kier molecular flexibility index (Phi) is 2.00. The van der Waals surface area contributed by atoms with Crippen LogP contribution in [-0.2, 0) is 0 Å². The minimum Gasteiger partial charge on any atom is -0.383 e. The summed E-state index contributed by atoms with van der Waals surface area (Å²) in [5.41, 5.74) is 6.52. The lowest BCUT2D eigenvalue weighted by molar-refractivity contribution is -0.384. The van der Waals surface area contributed by atoms with Crippen molar-refractivity contribution in [3.05, 3.63) is 40.1 Å². The fourth-order valence-electron chi connectivity index (χ4n) is 1.51. The molecule has 76 valence electrons. The van der Waals surface area contributed by atoms with Crippen LogP contribution < -0.4 is 5.73 Å². The number of fused-ring (bicyclic) bond motifs is 1. The first-order valence-corrected chi connectivity index (χ1v) is 4.39. The Balaban J connectivity index is 2.76. The normalized spacial score (nSPS) is 10.5. The van der Waals surface area contributed by atoms with Crippen molar-refractivity contribution in [2.45, 2.75) is 6.92 Å². The number of hydrogen-bond acceptors (Lipinski definition) is 4. The number of hydrogen-bond donors (Lipinski definition) is 1. The first-order valence-electron chi connectivity index (χ1n) is 4.39. The number of anilines is 1. The van der Waals surface area contributed by atoms with Crippen LogP contribution >= 0.6 is 0 Å². The molecule has 0 amide bonds. The van der Waals surface area contributed by atoms with Crippen LogP contribution in [0.2, 0.25) is 0 Å². The van der Waals surface area contributed by atoms with Gasteiger partial charge in [0.1, 0.15) is 5.82 Å². The third-order valence-electron chi connectivity index (χ3n) is 2.18. The molecule has 0 aliphatic rings. The minimum atomic E-state index is -0.446. The molecule has 2 N–H and O–H groups in total. The van der Waals surface area contributed by atoms with Gasteiger partial charge in [-0.2, -0.15) is 0 Å². The van der Waals surface area contributed by atoms with Gasteiger partial charge in [0.15, 0.2) is 0 Å². The monoisotopic (exact) mass is 203 g/mol. The van der Waals surface area contributed by atoms with E-state index < -0.39 is 4.92 Å². The number of nitrogens with zero attached hydrogens (tertiary/aromatic N) is 2. The zero-order valence-electron chi connectivity index (χ0n) is 8.10. The number of nitrogens with two attached hydrogens (primary N) is 1. The second-order valence-electron chi connectivity index (χ2n) is 3.31. The summed E-state index contributed by atoms with van der Waals surface area (Å²) in [5.74, 6) is 0.328. The maximum atomic E-state index is 10.6. The quantitative estimate of drug-likeness (QED) is 0.567. The van der Waals surface area contributed by atoms with E-state index in [-0.39, 0.29) is 5.69 Å². The SMILES string of the molecule is Cc1cc2ccc([N+](=O)[O-])cc2c(N)n1. The predicted octanol–water partition coefficient (Wildman–Crippen LogP) is 2.03. The predicted molar refractivity (Wildman–Crippen MR) is 57.5 cm³/mol. The van der Waals surface area contributed by atoms with Crippen LogP contribution in [0.15, 0.2) is 24.3 Å². The van der Waals surface area contributed by atoms with Crippen LogP contribution in [0.5, 0.6) is 0 Å². The molecule has 0 bridgehead atoms. The third kappa shape index (κ3) is 1.59. The molecule has 0 unspecified atom stereocenters. The molecule has 1 aromatic heterocycles. The van der Waals surface area contributed by atoms with E-state index in [9.17, 15) is 10.1 Å². The van der Waals surface area contributed by atoms with Crippen molar-refractivity contribution in [3.63, 3.8) is 0 Å². The summed E-state index contributed by atoms with van der Waals surface area (Å²) in [4.78, 5) is 14.2. The number of non-ortho nitro benzene ring substituents is 1. The smallest absolute Gasteiger partial charge is 0.270 e. The van der Waals surface area contributed by atoms with E-state index in [0.29, 0.717) is 11.2 Å². The molecule has 0 aliphatic heterocycles. The van der Waals surface area contributed by atoms with E-state index in [1.165, 1.54) is 12.1 Å². The lowest BCUT2D eigenvalue weighted by Gasteiger charge is -2.02. The summed E-state index contributed by atoms with van der Waals surface area (Å²) in [6.45, 7) is 1.83. The number of nitrogen functional groups attached to an aromatic ring is 1. The second-order valence-corrected chi connectivity index (χ2v) is 3.31. The van der Waals surface area contributed by atoms with Gasteiger partial charge in [0.25, 0.3) is 5.69 Å². The molecule has 0 radical (unpaired) electrons. The van der Waals surface area contributed by atoms with E-state index in [2.05, 4.69) is 4.98 Å². The molecular formula is C10H9N3O2. The Morgan fingerprint density at radius 3 is 2.80 bits per heavy atom. The maximum absolute atomic E-state index is 10.6. The Morgan fingerprint density at radius 1 is 1.40 bits per heavy atom. The van der Waals surface area contributed by atoms with E-state index >= 15 is 0 Å². The fraction of sp³-hybridized carbons (Fsp3) is 0.100. The van der Waals surface area contributed by atoms with Gasteiger partial charge in [0.05, 0.1) is 4.92 Å². The summed E-state index contributed by atoms with van der Waals surface area (Å²) in [5, 5.41) is 12.1. The van der Waals surface area contributed by atoms with Crippen molar-refractivity contribution in [2.24, 2.45) is 0 Å². The number of aryl methyl sites for hydroxylation is 1. The number of pyridine rings is 1. The van der Waals surface area contributed by atoms with Gasteiger partial charge >= 0.3 is 0 Å². The average molecular weight is 203 g/mol. The van der Waals surface area contributed by atoms with Gasteiger partial charge in [0.2, 0.25) is 0 Å². The lowest BCUT2D eigenvalue weighted by atomic mass is 10.1. The number of rotatable bonds is 1. The molecular weight excluding hydrogens is 194 g/mol. The third-order valence-corrected chi connectivity index (χ3v) is 2.18. The summed E-state index contributed by atoms with van der Waals surface area (Å²) in [6, 6.07) is 6.42. The van der Waals surface area contributed by atoms with E-state index in [1.54, 1.807) is 6.07 Å². The van der Waals surface area contributed by atoms with Gasteiger partial charge in [-0.15, -0.1) is 0 Å². The van der Waals surface area contributed by atoms with Crippen LogP contribution in [0.1, 0.15) is 5.69 Å². The molecule has 0 aliphatic carbocycles. The molecule has 2 rings (SSSR count). The van der Waals surface area contributed by atoms with E-state index in [0.717, 1.165) is 11.1 Å². The highest BCUT2D eigenvalue weighted by atomic mass is 16.6. The summed E-state index contributed by atoms with van der Waals surface area (Å²) < 4.78 is 0. The molecule has 2 aromatic rings. The largest absolute Gasteiger partial charge is 0.383 e. The van der Waals surface area contributed by atoms with E-state index in [1.807, 2.05) is 13.0 Å². The Labute approximate surface area is 85.7 Å². The molecule has 0 atom stereocenters. The molecule has 0 saturated heterocycles. The fourth-order valence-corrected chi connectivity index (χ4v) is 1.51. The zero-order chi connectivity index (χ0) is 11.0. The molecule has 1 heterocycles. The van der Waals surface area contributed by atoms with Gasteiger partial charge in [0, 0.05) is 23.2 Å². The highest BCUT2D eigenvalue weighted by molar-refractivity contribution is 5.92. The molecule has 15 heavy (non-hydrogen) atoms. The number of aromatic nitrogens is 1. The van der Waals surface area contributed by atoms with Crippen LogP contribution in [0.4, 0.5) is 11.5 Å². The van der Waals surface area contributed by atoms with Gasteiger partial charge < -0.3 is 5.73 Å². The highest BCUT2D eigenvalue weighted by Crippen LogP contribution is 2.24. The van der Waals surface area contributed by atoms with Gasteiger partial charge in [-0.05, 0) is 24.4 Å². The molecule has 5 nitrogen and oxygen atoms in total. The van der Waals surface area contributed by atoms with Crippen LogP contribution in [-0.4, -0.2) is 9.91 Å². The van der Waals surface area contributed by atoms with Crippen molar-refractivity contribution < 1.29 is 4.92 Å². The van der Waals surface area contributed by atoms with Crippen LogP contribution in [0.3, 0.4) is 0 Å². The van der Waals surface area contributed by atoms with Gasteiger partial charge in [-0.1, -0.05) is 0 Å². The second kappa shape index (κ2) is 3.20. The number of nitro groups is 1. The molecule has 5 heteroatoms. The molecule has 0 spiro atoms. The van der Waals surface area contributed by atoms with Crippen LogP contribution in [0, 0.1) is 17.0 Å². The van der Waals surface area contributed by atoms with Crippen molar-refractivity contribution in [2.75, 3.05) is 5.73 Å². The number of nitro benzene ring substituents is 1. The molecule has 1 aromatic carbocycles. The zero-order valence-corrected chi connectivity index (χ0v) is 8.10. The number of benzene rings is 1. The van der Waals surface area contributed by atoms with Crippen LogP contribution in [0.25, 0.3) is 10.8 Å². The Morgan fingerprint density at radius 2 is 2.13 bits per heavy atom. The van der Waals surface area contributed by atoms with Crippen molar-refractivity contribution in [3.8, 4) is 0 Å². The standard InChI is InChI=1S/C10H9N3O2/c1-6-4-7-2-3-8(13(14)15)5-9(7)10(11)12-6/h2-5H,1H3,(H2,11,12). The maximum Gasteiger partial charge on any atom is 0.270 e.